The van der Waals surface area contributed by atoms with Crippen molar-refractivity contribution in [3.63, 3.8) is 0 Å². The van der Waals surface area contributed by atoms with Crippen molar-refractivity contribution in [3.05, 3.63) is 0 Å². The van der Waals surface area contributed by atoms with Crippen molar-refractivity contribution in [2.24, 2.45) is 5.73 Å². The Morgan fingerprint density at radius 3 is 2.14 bits per heavy atom. The number of hydrogen-bond donors (Lipinski definition) is 1. The first-order valence-electron chi connectivity index (χ1n) is 3.53. The monoisotopic (exact) mass is 521 g/mol. The Hall–Kier alpha value is 3.03. The maximum absolute atomic E-state index is 5.39. The minimum Gasteiger partial charge on any atom is -0.383 e. The summed E-state index contributed by atoms with van der Waals surface area (Å²) in [5.41, 5.74) is 5.39. The van der Waals surface area contributed by atoms with Gasteiger partial charge in [-0.15, -0.1) is 0 Å². The van der Waals surface area contributed by atoms with E-state index in [1.807, 2.05) is 11.2 Å². The summed E-state index contributed by atoms with van der Waals surface area (Å²) < 4.78 is 3.18. The van der Waals surface area contributed by atoms with Crippen LogP contribution in [0.25, 0.3) is 0 Å². The molecule has 0 rings (SSSR count). The van der Waals surface area contributed by atoms with Gasteiger partial charge in [-0.3, -0.25) is 4.31 Å². The normalized spacial score (nSPS) is 8.14. The van der Waals surface area contributed by atoms with Crippen molar-refractivity contribution in [2.45, 2.75) is 13.8 Å². The van der Waals surface area contributed by atoms with Gasteiger partial charge in [0.2, 0.25) is 0 Å². The van der Waals surface area contributed by atoms with Gasteiger partial charge < -0.3 is 5.73 Å². The third kappa shape index (κ3) is 11.5. The average molecular weight is 524 g/mol. The first-order valence-corrected chi connectivity index (χ1v) is 6.11. The van der Waals surface area contributed by atoms with Crippen LogP contribution in [0.2, 0.25) is 0 Å². The summed E-state index contributed by atoms with van der Waals surface area (Å²) in [5, 5.41) is 0. The van der Waals surface area contributed by atoms with Gasteiger partial charge in [-0.1, -0.05) is 43.1 Å². The topological polar surface area (TPSA) is 29.3 Å². The molecule has 0 aliphatic carbocycles. The molecule has 0 aromatic heterocycles. The molecule has 0 saturated heterocycles. The number of rotatable bonds is 2. The minimum absolute atomic E-state index is 0. The molecule has 0 aliphatic rings. The molecule has 14 heavy (non-hydrogen) atoms. The van der Waals surface area contributed by atoms with Gasteiger partial charge in [0.05, 0.1) is 0 Å². The Labute approximate surface area is 166 Å². The molecule has 0 amide bonds. The molecular formula is C6H12LaN2NdS4. The van der Waals surface area contributed by atoms with Gasteiger partial charge in [-0.2, -0.15) is 0 Å². The van der Waals surface area contributed by atoms with Gasteiger partial charge >= 0.3 is 0 Å². The van der Waals surface area contributed by atoms with Crippen LogP contribution in [0.4, 0.5) is 0 Å². The molecule has 0 aromatic carbocycles. The SMILES string of the molecule is CCSC(=S)N(CC)SC(N)=S.[La].[Nd]. The predicted octanol–water partition coefficient (Wildman–Crippen LogP) is 2.24. The average Bonchev–Trinajstić information content (AvgIpc) is 2.00. The summed E-state index contributed by atoms with van der Waals surface area (Å²) in [7, 11) is 0. The molecule has 2 nitrogen and oxygen atoms in total. The van der Waals surface area contributed by atoms with Crippen LogP contribution in [-0.2, 0) is 0 Å². The molecule has 2 N–H and O–H groups in total. The second kappa shape index (κ2) is 14.1. The zero-order valence-electron chi connectivity index (χ0n) is 8.15. The van der Waals surface area contributed by atoms with E-state index in [0.717, 1.165) is 16.6 Å². The smallest absolute Gasteiger partial charge is 0.152 e. The van der Waals surface area contributed by atoms with Crippen molar-refractivity contribution >= 4 is 56.8 Å². The summed E-state index contributed by atoms with van der Waals surface area (Å²) in [4.78, 5) is 0. The van der Waals surface area contributed by atoms with E-state index in [4.69, 9.17) is 30.2 Å². The molecule has 0 heterocycles. The van der Waals surface area contributed by atoms with Crippen molar-refractivity contribution in [3.8, 4) is 0 Å². The van der Waals surface area contributed by atoms with Crippen LogP contribution in [0.3, 0.4) is 0 Å². The molecule has 0 unspecified atom stereocenters. The van der Waals surface area contributed by atoms with Crippen molar-refractivity contribution in [1.82, 2.24) is 4.31 Å². The molecule has 0 spiro atoms. The van der Waals surface area contributed by atoms with Crippen LogP contribution in [0.5, 0.6) is 0 Å². The molecule has 1 radical (unpaired) electrons. The van der Waals surface area contributed by atoms with E-state index in [2.05, 4.69) is 6.92 Å². The molecular weight excluding hydrogens is 511 g/mol. The van der Waals surface area contributed by atoms with Crippen LogP contribution >= 0.6 is 48.1 Å². The molecule has 0 atom stereocenters. The van der Waals surface area contributed by atoms with Gasteiger partial charge in [0, 0.05) is 94.9 Å². The summed E-state index contributed by atoms with van der Waals surface area (Å²) in [6.45, 7) is 4.91. The van der Waals surface area contributed by atoms with E-state index in [-0.39, 0.29) is 76.4 Å². The fourth-order valence-corrected chi connectivity index (χ4v) is 2.61. The van der Waals surface area contributed by atoms with E-state index >= 15 is 0 Å². The van der Waals surface area contributed by atoms with Crippen molar-refractivity contribution in [2.75, 3.05) is 12.3 Å². The first kappa shape index (κ1) is 22.2. The quantitative estimate of drug-likeness (QED) is 0.441. The Kier molecular flexibility index (Phi) is 22.4. The third-order valence-corrected chi connectivity index (χ3v) is 3.58. The van der Waals surface area contributed by atoms with Crippen LogP contribution in [0.1, 0.15) is 13.8 Å². The van der Waals surface area contributed by atoms with Crippen LogP contribution in [-0.4, -0.2) is 25.2 Å². The number of hydrogen-bond acceptors (Lipinski definition) is 4. The van der Waals surface area contributed by atoms with Gasteiger partial charge in [-0.05, 0) is 12.7 Å². The molecule has 0 aromatic rings. The van der Waals surface area contributed by atoms with Gasteiger partial charge in [-0.25, -0.2) is 0 Å². The molecule has 0 saturated carbocycles. The van der Waals surface area contributed by atoms with E-state index < -0.39 is 0 Å². The maximum atomic E-state index is 5.39. The molecule has 8 heteroatoms. The number of nitrogens with zero attached hydrogens (tertiary/aromatic N) is 1. The molecule has 0 aliphatic heterocycles. The Morgan fingerprint density at radius 2 is 1.86 bits per heavy atom. The number of thioether (sulfide) groups is 1. The van der Waals surface area contributed by atoms with Gasteiger partial charge in [0.25, 0.3) is 0 Å². The fraction of sp³-hybridized carbons (Fsp3) is 0.667. The van der Waals surface area contributed by atoms with Crippen molar-refractivity contribution in [1.29, 1.82) is 0 Å². The summed E-state index contributed by atoms with van der Waals surface area (Å²) in [6.07, 6.45) is 0. The van der Waals surface area contributed by atoms with E-state index in [9.17, 15) is 0 Å². The van der Waals surface area contributed by atoms with Crippen molar-refractivity contribution < 1.29 is 76.4 Å². The zero-order valence-corrected chi connectivity index (χ0v) is 18.2. The molecule has 0 bridgehead atoms. The number of nitrogens with two attached hydrogens (primary N) is 1. The van der Waals surface area contributed by atoms with Crippen LogP contribution in [0, 0.1) is 76.4 Å². The standard InChI is InChI=1S/C6H12N2S4.La.Nd/c1-3-8(12-5(7)9)6(10)11-4-2;;/h3-4H2,1-2H3,(H2,7,9);;. The second-order valence-electron chi connectivity index (χ2n) is 1.80. The van der Waals surface area contributed by atoms with Crippen LogP contribution < -0.4 is 5.73 Å². The summed E-state index contributed by atoms with van der Waals surface area (Å²) >= 11 is 12.9. The molecule has 0 fully saturated rings. The zero-order chi connectivity index (χ0) is 9.56. The predicted molar refractivity (Wildman–Crippen MR) is 67.5 cm³/mol. The summed E-state index contributed by atoms with van der Waals surface area (Å²) in [6, 6.07) is 0. The minimum atomic E-state index is 0. The van der Waals surface area contributed by atoms with E-state index in [1.54, 1.807) is 11.8 Å². The van der Waals surface area contributed by atoms with E-state index in [1.165, 1.54) is 11.9 Å². The van der Waals surface area contributed by atoms with Gasteiger partial charge in [0.15, 0.2) is 4.32 Å². The Balaban J connectivity index is -0.000000605. The third-order valence-electron chi connectivity index (χ3n) is 0.959. The Bertz CT molecular complexity index is 181. The maximum Gasteiger partial charge on any atom is 0.152 e. The summed E-state index contributed by atoms with van der Waals surface area (Å²) in [5.74, 6) is 0.979. The van der Waals surface area contributed by atoms with Crippen LogP contribution in [0.15, 0.2) is 0 Å². The fourth-order valence-electron chi connectivity index (χ4n) is 0.535. The first-order chi connectivity index (χ1) is 5.61. The second-order valence-corrected chi connectivity index (χ2v) is 5.46. The molecule has 77 valence electrons. The largest absolute Gasteiger partial charge is 0.383 e. The van der Waals surface area contributed by atoms with E-state index in [0.29, 0.717) is 4.32 Å². The van der Waals surface area contributed by atoms with Gasteiger partial charge in [0.1, 0.15) is 4.32 Å². The Morgan fingerprint density at radius 1 is 1.36 bits per heavy atom. The number of thiocarbonyl (C=S) groups is 2.